The lowest BCUT2D eigenvalue weighted by Crippen LogP contribution is -2.52. The Hall–Kier alpha value is -2.05. The van der Waals surface area contributed by atoms with Crippen LogP contribution in [0.1, 0.15) is 31.7 Å². The summed E-state index contributed by atoms with van der Waals surface area (Å²) in [6.45, 7) is 9.77. The van der Waals surface area contributed by atoms with Crippen LogP contribution in [0.15, 0.2) is 41.8 Å². The highest BCUT2D eigenvalue weighted by Gasteiger charge is 2.31. The van der Waals surface area contributed by atoms with Crippen molar-refractivity contribution in [2.24, 2.45) is 5.92 Å². The number of piperazine rings is 1. The minimum atomic E-state index is -0.00571. The molecule has 1 saturated heterocycles. The van der Waals surface area contributed by atoms with Crippen molar-refractivity contribution >= 4 is 22.9 Å². The summed E-state index contributed by atoms with van der Waals surface area (Å²) in [6.07, 6.45) is 0. The van der Waals surface area contributed by atoms with Gasteiger partial charge in [-0.3, -0.25) is 9.69 Å². The molecule has 152 valence electrons. The molecule has 2 heterocycles. The van der Waals surface area contributed by atoms with E-state index in [1.54, 1.807) is 18.4 Å². The summed E-state index contributed by atoms with van der Waals surface area (Å²) >= 11 is 1.77. The number of carbonyl (C=O) groups excluding carboxylic acids is 1. The number of amides is 1. The summed E-state index contributed by atoms with van der Waals surface area (Å²) in [6, 6.07) is 12.7. The Morgan fingerprint density at radius 2 is 1.79 bits per heavy atom. The molecule has 5 nitrogen and oxygen atoms in total. The lowest BCUT2D eigenvalue weighted by molar-refractivity contribution is -0.125. The van der Waals surface area contributed by atoms with Crippen molar-refractivity contribution in [2.45, 2.75) is 32.9 Å². The lowest BCUT2D eigenvalue weighted by Gasteiger charge is -2.42. The van der Waals surface area contributed by atoms with Crippen molar-refractivity contribution in [1.82, 2.24) is 10.2 Å². The van der Waals surface area contributed by atoms with Gasteiger partial charge < -0.3 is 15.0 Å². The number of rotatable bonds is 7. The molecule has 2 atom stereocenters. The number of methoxy groups -OCH3 is 1. The maximum Gasteiger partial charge on any atom is 0.222 e. The number of nitrogens with one attached hydrogen (secondary N) is 1. The van der Waals surface area contributed by atoms with Gasteiger partial charge in [0, 0.05) is 43.0 Å². The van der Waals surface area contributed by atoms with Crippen LogP contribution in [-0.2, 0) is 4.79 Å². The van der Waals surface area contributed by atoms with Crippen molar-refractivity contribution in [3.05, 3.63) is 46.7 Å². The van der Waals surface area contributed by atoms with Gasteiger partial charge in [-0.25, -0.2) is 0 Å². The average molecular weight is 402 g/mol. The fourth-order valence-electron chi connectivity index (χ4n) is 3.80. The molecule has 1 N–H and O–H groups in total. The first-order chi connectivity index (χ1) is 13.5. The van der Waals surface area contributed by atoms with E-state index < -0.39 is 0 Å². The fraction of sp³-hybridized carbons (Fsp3) is 0.500. The quantitative estimate of drug-likeness (QED) is 0.767. The number of para-hydroxylation sites is 2. The monoisotopic (exact) mass is 401 g/mol. The van der Waals surface area contributed by atoms with Crippen LogP contribution in [0.4, 0.5) is 5.69 Å². The van der Waals surface area contributed by atoms with Crippen LogP contribution in [0.5, 0.6) is 5.75 Å². The normalized spacial score (nSPS) is 17.4. The van der Waals surface area contributed by atoms with Crippen LogP contribution in [0.2, 0.25) is 0 Å². The number of nitrogens with zero attached hydrogens (tertiary/aromatic N) is 2. The number of ether oxygens (including phenoxy) is 1. The number of anilines is 1. The first kappa shape index (κ1) is 20.7. The van der Waals surface area contributed by atoms with Crippen LogP contribution in [0.25, 0.3) is 0 Å². The molecule has 1 aliphatic rings. The van der Waals surface area contributed by atoms with Gasteiger partial charge >= 0.3 is 0 Å². The average Bonchev–Trinajstić information content (AvgIpc) is 3.22. The molecule has 0 saturated carbocycles. The van der Waals surface area contributed by atoms with Gasteiger partial charge in [-0.2, -0.15) is 0 Å². The molecular formula is C22H31N3O2S. The zero-order valence-corrected chi connectivity index (χ0v) is 18.0. The summed E-state index contributed by atoms with van der Waals surface area (Å²) in [5.74, 6) is 1.03. The number of hydrogen-bond acceptors (Lipinski definition) is 5. The largest absolute Gasteiger partial charge is 0.495 e. The van der Waals surface area contributed by atoms with Crippen molar-refractivity contribution in [3.63, 3.8) is 0 Å². The van der Waals surface area contributed by atoms with Gasteiger partial charge in [-0.1, -0.05) is 32.0 Å². The van der Waals surface area contributed by atoms with Gasteiger partial charge in [0.15, 0.2) is 0 Å². The smallest absolute Gasteiger partial charge is 0.222 e. The molecule has 0 unspecified atom stereocenters. The standard InChI is InChI=1S/C22H31N3O2S/c1-16(2)22(26)23-17(3)21(20-10-7-15-28-20)25-13-11-24(12-14-25)18-8-5-6-9-19(18)27-4/h5-10,15-17,21H,11-14H2,1-4H3,(H,23,26)/t17-,21+/m1/s1. The third kappa shape index (κ3) is 4.67. The predicted molar refractivity (Wildman–Crippen MR) is 116 cm³/mol. The van der Waals surface area contributed by atoms with Gasteiger partial charge in [0.25, 0.3) is 0 Å². The van der Waals surface area contributed by atoms with Crippen LogP contribution in [-0.4, -0.2) is 50.1 Å². The van der Waals surface area contributed by atoms with E-state index in [0.29, 0.717) is 0 Å². The first-order valence-electron chi connectivity index (χ1n) is 9.97. The number of benzene rings is 1. The molecular weight excluding hydrogens is 370 g/mol. The van der Waals surface area contributed by atoms with E-state index in [4.69, 9.17) is 4.74 Å². The molecule has 0 aliphatic carbocycles. The van der Waals surface area contributed by atoms with Crippen LogP contribution < -0.4 is 15.0 Å². The molecule has 0 spiro atoms. The second-order valence-electron chi connectivity index (χ2n) is 7.61. The van der Waals surface area contributed by atoms with Gasteiger partial charge in [-0.05, 0) is 30.5 Å². The second-order valence-corrected chi connectivity index (χ2v) is 8.59. The molecule has 1 fully saturated rings. The Morgan fingerprint density at radius 3 is 2.39 bits per heavy atom. The molecule has 0 bridgehead atoms. The van der Waals surface area contributed by atoms with Crippen LogP contribution in [0, 0.1) is 5.92 Å². The Morgan fingerprint density at radius 1 is 1.07 bits per heavy atom. The van der Waals surface area contributed by atoms with Crippen molar-refractivity contribution < 1.29 is 9.53 Å². The molecule has 6 heteroatoms. The molecule has 1 aromatic carbocycles. The van der Waals surface area contributed by atoms with Gasteiger partial charge in [0.05, 0.1) is 18.8 Å². The van der Waals surface area contributed by atoms with Crippen molar-refractivity contribution in [1.29, 1.82) is 0 Å². The zero-order valence-electron chi connectivity index (χ0n) is 17.2. The highest BCUT2D eigenvalue weighted by Crippen LogP contribution is 2.32. The highest BCUT2D eigenvalue weighted by atomic mass is 32.1. The molecule has 2 aromatic rings. The topological polar surface area (TPSA) is 44.8 Å². The maximum atomic E-state index is 12.3. The molecule has 0 radical (unpaired) electrons. The Balaban J connectivity index is 1.72. The Labute approximate surface area is 172 Å². The molecule has 1 aliphatic heterocycles. The van der Waals surface area contributed by atoms with E-state index in [2.05, 4.69) is 51.7 Å². The Kier molecular flexibility index (Phi) is 6.97. The van der Waals surface area contributed by atoms with Gasteiger partial charge in [0.2, 0.25) is 5.91 Å². The minimum Gasteiger partial charge on any atom is -0.495 e. The number of thiophene rings is 1. The zero-order chi connectivity index (χ0) is 20.1. The summed E-state index contributed by atoms with van der Waals surface area (Å²) in [4.78, 5) is 18.5. The van der Waals surface area contributed by atoms with Crippen molar-refractivity contribution in [2.75, 3.05) is 38.2 Å². The third-order valence-electron chi connectivity index (χ3n) is 5.34. The maximum absolute atomic E-state index is 12.3. The molecule has 28 heavy (non-hydrogen) atoms. The van der Waals surface area contributed by atoms with E-state index in [-0.39, 0.29) is 23.9 Å². The predicted octanol–water partition coefficient (Wildman–Crippen LogP) is 3.78. The first-order valence-corrected chi connectivity index (χ1v) is 10.8. The van der Waals surface area contributed by atoms with E-state index in [1.807, 2.05) is 26.0 Å². The summed E-state index contributed by atoms with van der Waals surface area (Å²) in [5, 5.41) is 5.33. The van der Waals surface area contributed by atoms with Crippen LogP contribution in [0.3, 0.4) is 0 Å². The summed E-state index contributed by atoms with van der Waals surface area (Å²) < 4.78 is 5.54. The van der Waals surface area contributed by atoms with E-state index in [0.717, 1.165) is 37.6 Å². The van der Waals surface area contributed by atoms with Gasteiger partial charge in [0.1, 0.15) is 5.75 Å². The SMILES string of the molecule is COc1ccccc1N1CCN([C@H](c2cccs2)[C@@H](C)NC(=O)C(C)C)CC1. The Bertz CT molecular complexity index is 755. The summed E-state index contributed by atoms with van der Waals surface area (Å²) in [7, 11) is 1.72. The number of carbonyl (C=O) groups is 1. The fourth-order valence-corrected chi connectivity index (χ4v) is 4.77. The highest BCUT2D eigenvalue weighted by molar-refractivity contribution is 7.10. The molecule has 1 aromatic heterocycles. The minimum absolute atomic E-state index is 0.00571. The van der Waals surface area contributed by atoms with Crippen LogP contribution >= 0.6 is 11.3 Å². The third-order valence-corrected chi connectivity index (χ3v) is 6.28. The number of hydrogen-bond donors (Lipinski definition) is 1. The molecule has 1 amide bonds. The van der Waals surface area contributed by atoms with E-state index in [9.17, 15) is 4.79 Å². The summed E-state index contributed by atoms with van der Waals surface area (Å²) in [5.41, 5.74) is 1.15. The van der Waals surface area contributed by atoms with E-state index in [1.165, 1.54) is 4.88 Å². The van der Waals surface area contributed by atoms with Crippen molar-refractivity contribution in [3.8, 4) is 5.75 Å². The van der Waals surface area contributed by atoms with Gasteiger partial charge in [-0.15, -0.1) is 11.3 Å². The van der Waals surface area contributed by atoms with E-state index >= 15 is 0 Å². The molecule has 3 rings (SSSR count). The second kappa shape index (κ2) is 9.43. The lowest BCUT2D eigenvalue weighted by atomic mass is 10.0.